The molecule has 0 unspecified atom stereocenters. The van der Waals surface area contributed by atoms with Gasteiger partial charge in [-0.15, -0.1) is 0 Å². The molecule has 5 aliphatic rings. The zero-order chi connectivity index (χ0) is 94.5. The highest BCUT2D eigenvalue weighted by molar-refractivity contribution is 14.1. The number of halogens is 11. The van der Waals surface area contributed by atoms with Crippen LogP contribution in [0.5, 0.6) is 23.5 Å². The van der Waals surface area contributed by atoms with E-state index in [9.17, 15) is 50.9 Å². The van der Waals surface area contributed by atoms with Gasteiger partial charge in [-0.1, -0.05) is 113 Å². The standard InChI is InChI=1S/C26H32BrF3N2O2.C17H29BO4.C17H22BrNO3.C15H18BrNO2.C11H14F3NO.C6H5BrINO.C2H6.2CH4/c1-15-8-17(10-19(9-15)26(28,29)30)23(33)16(2)31-13-18-12-25(3,4)7-6-21(18)22-11-20(27)14-32-24(22)34-5;1-8-20-14(19)12-11-15(2,3)10-9-13(12)18-21-16(4,5)17(6,7)22-18;1-5-22-16(20)14-9-17(2,3)7-6-12(14)13-8-11(18)10-19-15(13)21-4;1-15(2)5-4-12(10(7-15)9-18)13-6-11(16)8-17-14(13)19-3;1-6-3-8(10(16)7(2)15)5-9(4-6)11(12,13)14;1-10-6-5(8)2-4(7)3-9-6;1-2;;/h8-11,14,16,23,31,33H,6-7,12-13H2,1-5H3;8-11H2,1-7H3;8,10H,5-7,9H2,1-4H3;6,8-9H,4-5,7H2,1-3H3;3-5,7,10,16H,15H2,1-2H3;2-3H,1H3;1-2H3;2*1H4/t16-,23-;;;;7-,10-;;;;/m0...0..../s1. The van der Waals surface area contributed by atoms with Crippen LogP contribution in [-0.2, 0) is 45.5 Å². The number of esters is 2. The molecule has 19 nitrogen and oxygen atoms in total. The predicted molar refractivity (Wildman–Crippen MR) is 519 cm³/mol. The second kappa shape index (κ2) is 50.1. The predicted octanol–water partition coefficient (Wildman–Crippen LogP) is 26.1. The molecule has 1 fully saturated rings. The van der Waals surface area contributed by atoms with Crippen molar-refractivity contribution in [2.75, 3.05) is 48.2 Å². The van der Waals surface area contributed by atoms with Crippen LogP contribution in [0.25, 0.3) is 16.7 Å². The van der Waals surface area contributed by atoms with Crippen molar-refractivity contribution in [2.24, 2.45) is 27.4 Å². The van der Waals surface area contributed by atoms with Gasteiger partial charge < -0.3 is 59.0 Å². The monoisotopic (exact) mass is 2150 g/mol. The Labute approximate surface area is 798 Å². The molecular weight excluding hydrogens is 2020 g/mol. The van der Waals surface area contributed by atoms with Gasteiger partial charge >= 0.3 is 31.4 Å². The lowest BCUT2D eigenvalue weighted by Gasteiger charge is -2.34. The molecule has 5 heterocycles. The van der Waals surface area contributed by atoms with Crippen LogP contribution in [0.2, 0.25) is 0 Å². The van der Waals surface area contributed by atoms with E-state index in [2.05, 4.69) is 167 Å². The molecule has 0 saturated carbocycles. The van der Waals surface area contributed by atoms with Crippen molar-refractivity contribution >= 4 is 128 Å². The molecule has 11 rings (SSSR count). The molecule has 5 N–H and O–H groups in total. The number of aliphatic hydroxyl groups excluding tert-OH is 2. The average molecular weight is 2150 g/mol. The Morgan fingerprint density at radius 3 is 1.29 bits per heavy atom. The maximum absolute atomic E-state index is 13.2. The number of nitrogens with one attached hydrogen (secondary N) is 1. The number of hydrogen-bond donors (Lipinski definition) is 4. The third-order valence-electron chi connectivity index (χ3n) is 22.3. The SMILES string of the molecule is C.C.CC.CCOC(=O)C1=C(B2OC(C)(C)C(C)(C)O2)CCC(C)(C)C1.CCOC(=O)C1=C(c2cc(Br)cnc2OC)CCC(C)(C)C1.COc1ncc(Br)cc1C1=C(C=O)CC(C)(C)CC1.COc1ncc(Br)cc1C1=C(CN[C@@H](C)[C@H](O)c2cc(C)cc(C(F)(F)F)c2)CC(C)(C)CC1.COc1ncc(Br)cc1I.Cc1cc([C@@H](O)[C@H](C)N)cc(C(F)(F)F)c1. The number of carbonyl (C=O) groups excluding carboxylic acids is 3. The first-order valence-corrected chi connectivity index (χ1v) is 46.0. The minimum Gasteiger partial charge on any atom is -0.481 e. The normalized spacial score (nSPS) is 17.9. The van der Waals surface area contributed by atoms with Crippen molar-refractivity contribution < 1.29 is 88.7 Å². The highest BCUT2D eigenvalue weighted by Gasteiger charge is 2.54. The van der Waals surface area contributed by atoms with Gasteiger partial charge in [-0.05, 0) is 342 Å². The van der Waals surface area contributed by atoms with Crippen LogP contribution < -0.4 is 30.0 Å². The average Bonchev–Trinajstić information content (AvgIpc) is 1.65. The fourth-order valence-corrected chi connectivity index (χ4v) is 17.3. The van der Waals surface area contributed by atoms with Gasteiger partial charge in [0.1, 0.15) is 6.29 Å². The Morgan fingerprint density at radius 2 is 0.890 bits per heavy atom. The number of alkyl halides is 6. The van der Waals surface area contributed by atoms with Gasteiger partial charge in [0.15, 0.2) is 0 Å². The smallest absolute Gasteiger partial charge is 0.481 e. The molecule has 706 valence electrons. The molecule has 1 saturated heterocycles. The summed E-state index contributed by atoms with van der Waals surface area (Å²) >= 11 is 15.8. The van der Waals surface area contributed by atoms with E-state index in [1.165, 1.54) is 11.6 Å². The number of nitrogens with zero attached hydrogens (tertiary/aromatic N) is 4. The van der Waals surface area contributed by atoms with Crippen molar-refractivity contribution in [3.05, 3.63) is 185 Å². The summed E-state index contributed by atoms with van der Waals surface area (Å²) < 4.78 is 126. The summed E-state index contributed by atoms with van der Waals surface area (Å²) in [6.45, 7) is 41.1. The van der Waals surface area contributed by atoms with Crippen molar-refractivity contribution in [3.8, 4) is 23.5 Å². The molecule has 0 radical (unpaired) electrons. The molecule has 6 aromatic rings. The van der Waals surface area contributed by atoms with Crippen LogP contribution in [0.4, 0.5) is 26.3 Å². The molecule has 0 amide bonds. The van der Waals surface area contributed by atoms with Crippen LogP contribution in [0.15, 0.2) is 131 Å². The first-order chi connectivity index (χ1) is 58.1. The van der Waals surface area contributed by atoms with Crippen LogP contribution in [0.3, 0.4) is 0 Å². The van der Waals surface area contributed by atoms with Crippen LogP contribution in [0.1, 0.15) is 279 Å². The summed E-state index contributed by atoms with van der Waals surface area (Å²) in [4.78, 5) is 53.1. The Bertz CT molecular complexity index is 4790. The number of nitrogens with two attached hydrogens (primary N) is 1. The lowest BCUT2D eigenvalue weighted by Crippen LogP contribution is -2.41. The van der Waals surface area contributed by atoms with Crippen LogP contribution in [0, 0.1) is 39.1 Å². The Kier molecular flexibility index (Phi) is 45.4. The number of aliphatic hydroxyl groups is 2. The molecule has 31 heteroatoms. The zero-order valence-corrected chi connectivity index (χ0v) is 85.1. The van der Waals surface area contributed by atoms with Crippen molar-refractivity contribution in [3.63, 3.8) is 0 Å². The molecule has 2 aromatic carbocycles. The van der Waals surface area contributed by atoms with E-state index in [1.807, 2.05) is 79.7 Å². The first kappa shape index (κ1) is 115. The maximum atomic E-state index is 13.2. The number of carbonyl (C=O) groups is 3. The molecule has 1 aliphatic heterocycles. The number of ether oxygens (including phenoxy) is 6. The quantitative estimate of drug-likeness (QED) is 0.0182. The van der Waals surface area contributed by atoms with Gasteiger partial charge in [-0.25, -0.2) is 29.5 Å². The summed E-state index contributed by atoms with van der Waals surface area (Å²) in [6, 6.07) is 14.0. The Hall–Kier alpha value is -6.14. The van der Waals surface area contributed by atoms with E-state index < -0.39 is 66.1 Å². The van der Waals surface area contributed by atoms with E-state index in [-0.39, 0.29) is 59.6 Å². The summed E-state index contributed by atoms with van der Waals surface area (Å²) in [5, 5.41) is 23.8. The number of aldehydes is 1. The number of methoxy groups -OCH3 is 4. The molecule has 0 bridgehead atoms. The molecule has 127 heavy (non-hydrogen) atoms. The van der Waals surface area contributed by atoms with Crippen molar-refractivity contribution in [2.45, 2.75) is 278 Å². The highest BCUT2D eigenvalue weighted by atomic mass is 127. The number of hydrogen-bond acceptors (Lipinski definition) is 19. The van der Waals surface area contributed by atoms with E-state index >= 15 is 0 Å². The minimum absolute atomic E-state index is 0. The Balaban J connectivity index is 0.000000402. The highest BCUT2D eigenvalue weighted by Crippen LogP contribution is 2.50. The minimum atomic E-state index is -4.46. The second-order valence-corrected chi connectivity index (χ2v) is 40.3. The molecule has 0 spiro atoms. The third kappa shape index (κ3) is 33.8. The number of benzene rings is 2. The van der Waals surface area contributed by atoms with E-state index in [0.717, 1.165) is 172 Å². The van der Waals surface area contributed by atoms with Gasteiger partial charge in [-0.3, -0.25) is 4.79 Å². The fourth-order valence-electron chi connectivity index (χ4n) is 14.9. The summed E-state index contributed by atoms with van der Waals surface area (Å²) in [7, 11) is 5.96. The molecule has 4 aliphatic carbocycles. The largest absolute Gasteiger partial charge is 0.491 e. The fraction of sp³-hybridized carbons (Fsp3) is 0.552. The van der Waals surface area contributed by atoms with Gasteiger partial charge in [0.25, 0.3) is 0 Å². The molecule has 4 atom stereocenters. The van der Waals surface area contributed by atoms with Crippen LogP contribution in [-0.4, -0.2) is 127 Å². The van der Waals surface area contributed by atoms with Crippen LogP contribution >= 0.6 is 86.3 Å². The number of allylic oxidation sites excluding steroid dienone is 5. The van der Waals surface area contributed by atoms with Gasteiger partial charge in [0.05, 0.1) is 79.8 Å². The van der Waals surface area contributed by atoms with Crippen molar-refractivity contribution in [1.29, 1.82) is 0 Å². The van der Waals surface area contributed by atoms with Gasteiger partial charge in [0, 0.05) is 89.1 Å². The maximum Gasteiger partial charge on any atom is 0.491 e. The van der Waals surface area contributed by atoms with Gasteiger partial charge in [-0.2, -0.15) is 26.3 Å². The summed E-state index contributed by atoms with van der Waals surface area (Å²) in [5.41, 5.74) is 15.5. The topological polar surface area (TPSA) is 255 Å². The lowest BCUT2D eigenvalue weighted by atomic mass is 9.63. The van der Waals surface area contributed by atoms with E-state index in [0.29, 0.717) is 67.2 Å². The second-order valence-electron chi connectivity index (χ2n) is 35.5. The lowest BCUT2D eigenvalue weighted by molar-refractivity contribution is -0.140. The molecular formula is C96H134BBr4F6IN6O13. The van der Waals surface area contributed by atoms with E-state index in [4.69, 9.17) is 43.5 Å². The number of pyridine rings is 4. The third-order valence-corrected chi connectivity index (χ3v) is 24.8. The number of aryl methyl sites for hydroxylation is 2. The van der Waals surface area contributed by atoms with Crippen molar-refractivity contribution in [1.82, 2.24) is 25.3 Å². The molecule has 4 aromatic heterocycles. The Morgan fingerprint density at radius 1 is 0.535 bits per heavy atom. The van der Waals surface area contributed by atoms with E-state index in [1.54, 1.807) is 87.0 Å². The zero-order valence-electron chi connectivity index (χ0n) is 76.6. The number of aromatic nitrogens is 4. The summed E-state index contributed by atoms with van der Waals surface area (Å²) in [5.74, 6) is 1.90. The number of rotatable bonds is 20. The summed E-state index contributed by atoms with van der Waals surface area (Å²) in [6.07, 6.45) is 7.35. The van der Waals surface area contributed by atoms with Gasteiger partial charge in [0.2, 0.25) is 23.5 Å². The first-order valence-electron chi connectivity index (χ1n) is 41.8.